The predicted octanol–water partition coefficient (Wildman–Crippen LogP) is 3.92. The molecule has 0 bridgehead atoms. The normalized spacial score (nSPS) is 19.5. The van der Waals surface area contributed by atoms with E-state index in [1.165, 1.54) is 24.4 Å². The third-order valence-corrected chi connectivity index (χ3v) is 5.19. The summed E-state index contributed by atoms with van der Waals surface area (Å²) in [5, 5.41) is 5.47. The second-order valence-corrected chi connectivity index (χ2v) is 7.71. The van der Waals surface area contributed by atoms with Gasteiger partial charge in [-0.25, -0.2) is 32.3 Å². The molecule has 0 spiro atoms. The van der Waals surface area contributed by atoms with Crippen molar-refractivity contribution < 1.29 is 27.1 Å². The maximum absolute atomic E-state index is 14.3. The van der Waals surface area contributed by atoms with Crippen molar-refractivity contribution in [3.05, 3.63) is 35.5 Å². The number of fused-ring (bicyclic) bond motifs is 1. The first kappa shape index (κ1) is 21.3. The van der Waals surface area contributed by atoms with Crippen LogP contribution in [0.4, 0.5) is 34.0 Å². The molecule has 1 fully saturated rings. The fourth-order valence-electron chi connectivity index (χ4n) is 3.67. The summed E-state index contributed by atoms with van der Waals surface area (Å²) < 4.78 is 62.0. The molecule has 11 heteroatoms. The molecule has 1 atom stereocenters. The van der Waals surface area contributed by atoms with Crippen molar-refractivity contribution in [2.24, 2.45) is 0 Å². The molecule has 2 aromatic heterocycles. The number of carbonyl (C=O) groups excluding carboxylic acids is 1. The van der Waals surface area contributed by atoms with E-state index in [9.17, 15) is 22.4 Å². The number of nitrogens with zero attached hydrogens (tertiary/aromatic N) is 3. The molecule has 2 N–H and O–H groups in total. The molecular formula is C20H21F4N5O2. The molecule has 2 aliphatic rings. The highest BCUT2D eigenvalue weighted by Crippen LogP contribution is 2.45. The number of pyridine rings is 2. The Morgan fingerprint density at radius 3 is 2.52 bits per heavy atom. The monoisotopic (exact) mass is 439 g/mol. The number of amides is 1. The zero-order valence-electron chi connectivity index (χ0n) is 16.9. The van der Waals surface area contributed by atoms with Gasteiger partial charge in [0.1, 0.15) is 11.6 Å². The Morgan fingerprint density at radius 2 is 1.87 bits per heavy atom. The number of ether oxygens (including phenoxy) is 1. The van der Waals surface area contributed by atoms with E-state index in [1.807, 2.05) is 4.90 Å². The fourth-order valence-corrected chi connectivity index (χ4v) is 3.67. The molecular weight excluding hydrogens is 418 g/mol. The van der Waals surface area contributed by atoms with E-state index >= 15 is 0 Å². The lowest BCUT2D eigenvalue weighted by Crippen LogP contribution is -2.44. The number of hydrogen-bond acceptors (Lipinski definition) is 6. The second kappa shape index (κ2) is 7.63. The summed E-state index contributed by atoms with van der Waals surface area (Å²) in [6.45, 7) is 3.84. The lowest BCUT2D eigenvalue weighted by molar-refractivity contribution is -0.0984. The molecule has 2 aliphatic heterocycles. The van der Waals surface area contributed by atoms with E-state index in [0.717, 1.165) is 6.92 Å². The summed E-state index contributed by atoms with van der Waals surface area (Å²) in [4.78, 5) is 22.1. The predicted molar refractivity (Wildman–Crippen MR) is 106 cm³/mol. The van der Waals surface area contributed by atoms with Crippen LogP contribution in [-0.2, 0) is 10.7 Å². The van der Waals surface area contributed by atoms with Crippen LogP contribution in [0.1, 0.15) is 31.1 Å². The van der Waals surface area contributed by atoms with Gasteiger partial charge in [0, 0.05) is 57.4 Å². The summed E-state index contributed by atoms with van der Waals surface area (Å²) in [6.07, 6.45) is -1.70. The number of nitrogens with one attached hydrogen (secondary N) is 2. The number of rotatable bonds is 4. The number of alkyl halides is 4. The summed E-state index contributed by atoms with van der Waals surface area (Å²) >= 11 is 0. The molecule has 4 rings (SSSR count). The average molecular weight is 439 g/mol. The summed E-state index contributed by atoms with van der Waals surface area (Å²) in [6, 6.07) is 3.88. The molecule has 4 heterocycles. The average Bonchev–Trinajstić information content (AvgIpc) is 2.71. The second-order valence-electron chi connectivity index (χ2n) is 7.71. The van der Waals surface area contributed by atoms with Gasteiger partial charge in [0.25, 0.3) is 11.8 Å². The van der Waals surface area contributed by atoms with Crippen molar-refractivity contribution in [2.75, 3.05) is 36.4 Å². The number of aromatic nitrogens is 2. The Balaban J connectivity index is 1.90. The van der Waals surface area contributed by atoms with Crippen LogP contribution in [0, 0.1) is 0 Å². The fraction of sp³-hybridized carbons (Fsp3) is 0.450. The number of piperazine rings is 1. The van der Waals surface area contributed by atoms with E-state index in [0.29, 0.717) is 38.9 Å². The molecule has 31 heavy (non-hydrogen) atoms. The van der Waals surface area contributed by atoms with E-state index in [4.69, 9.17) is 4.74 Å². The highest BCUT2D eigenvalue weighted by atomic mass is 19.3. The molecule has 2 aromatic rings. The van der Waals surface area contributed by atoms with Crippen LogP contribution in [0.25, 0.3) is 11.3 Å². The van der Waals surface area contributed by atoms with E-state index in [1.54, 1.807) is 0 Å². The van der Waals surface area contributed by atoms with Gasteiger partial charge in [-0.1, -0.05) is 0 Å². The number of carbonyl (C=O) groups is 1. The Hall–Kier alpha value is -2.95. The number of hydrogen-bond donors (Lipinski definition) is 2. The van der Waals surface area contributed by atoms with Crippen LogP contribution in [0.2, 0.25) is 0 Å². The van der Waals surface area contributed by atoms with Crippen molar-refractivity contribution in [1.82, 2.24) is 15.3 Å². The maximum atomic E-state index is 14.3. The van der Waals surface area contributed by atoms with Gasteiger partial charge < -0.3 is 15.0 Å². The lowest BCUT2D eigenvalue weighted by atomic mass is 9.95. The molecule has 7 nitrogen and oxygen atoms in total. The number of anilines is 2. The first-order chi connectivity index (χ1) is 14.5. The van der Waals surface area contributed by atoms with Gasteiger partial charge in [-0.3, -0.25) is 5.32 Å². The lowest BCUT2D eigenvalue weighted by Gasteiger charge is -2.32. The molecule has 1 amide bonds. The van der Waals surface area contributed by atoms with Gasteiger partial charge in [0.05, 0.1) is 11.3 Å². The largest absolute Gasteiger partial charge is 0.434 e. The van der Waals surface area contributed by atoms with E-state index in [2.05, 4.69) is 20.6 Å². The van der Waals surface area contributed by atoms with Crippen molar-refractivity contribution in [3.8, 4) is 11.3 Å². The summed E-state index contributed by atoms with van der Waals surface area (Å²) in [7, 11) is 0. The highest BCUT2D eigenvalue weighted by molar-refractivity contribution is 5.89. The zero-order chi connectivity index (χ0) is 22.4. The Morgan fingerprint density at radius 1 is 1.16 bits per heavy atom. The highest BCUT2D eigenvalue weighted by Gasteiger charge is 2.45. The van der Waals surface area contributed by atoms with E-state index in [-0.39, 0.29) is 28.2 Å². The standard InChI is InChI=1S/C20H21F4N5O2/c1-19(21,22)11-9-13(27-14(10-11)29-7-5-25-6-8-29)12-3-4-26-17-15(12)16(20(2,23)24)31-18(30)28-17/h3-4,9-10,16,25H,5-8H2,1-2H3,(H,26,28,30). The molecule has 0 saturated carbocycles. The molecule has 0 aromatic carbocycles. The van der Waals surface area contributed by atoms with Crippen LogP contribution in [0.3, 0.4) is 0 Å². The topological polar surface area (TPSA) is 79.4 Å². The first-order valence-electron chi connectivity index (χ1n) is 9.75. The Labute approximate surface area is 175 Å². The van der Waals surface area contributed by atoms with Gasteiger partial charge in [-0.05, 0) is 18.2 Å². The third kappa shape index (κ3) is 4.27. The molecule has 166 valence electrons. The third-order valence-electron chi connectivity index (χ3n) is 5.19. The molecule has 1 saturated heterocycles. The first-order valence-corrected chi connectivity index (χ1v) is 9.75. The van der Waals surface area contributed by atoms with Gasteiger partial charge >= 0.3 is 6.09 Å². The van der Waals surface area contributed by atoms with Crippen molar-refractivity contribution in [2.45, 2.75) is 31.8 Å². The minimum Gasteiger partial charge on any atom is -0.434 e. The minimum absolute atomic E-state index is 0.0696. The van der Waals surface area contributed by atoms with Crippen LogP contribution in [0.15, 0.2) is 24.4 Å². The van der Waals surface area contributed by atoms with Crippen molar-refractivity contribution in [3.63, 3.8) is 0 Å². The minimum atomic E-state index is -3.43. The Bertz CT molecular complexity index is 1000. The van der Waals surface area contributed by atoms with Crippen molar-refractivity contribution in [1.29, 1.82) is 0 Å². The molecule has 0 radical (unpaired) electrons. The van der Waals surface area contributed by atoms with Crippen LogP contribution >= 0.6 is 0 Å². The van der Waals surface area contributed by atoms with Gasteiger partial charge in [-0.15, -0.1) is 0 Å². The smallest absolute Gasteiger partial charge is 0.413 e. The van der Waals surface area contributed by atoms with Gasteiger partial charge in [0.15, 0.2) is 6.10 Å². The van der Waals surface area contributed by atoms with Crippen LogP contribution in [-0.4, -0.2) is 48.2 Å². The number of halogens is 4. The maximum Gasteiger partial charge on any atom is 0.413 e. The molecule has 0 aliphatic carbocycles. The van der Waals surface area contributed by atoms with Gasteiger partial charge in [-0.2, -0.15) is 0 Å². The SMILES string of the molecule is CC(F)(F)c1cc(-c2ccnc3c2C(C(C)(F)F)OC(=O)N3)nc(N2CCNCC2)c1. The summed E-state index contributed by atoms with van der Waals surface area (Å²) in [5.41, 5.74) is -0.193. The van der Waals surface area contributed by atoms with Crippen molar-refractivity contribution >= 4 is 17.7 Å². The zero-order valence-corrected chi connectivity index (χ0v) is 16.9. The van der Waals surface area contributed by atoms with Crippen LogP contribution < -0.4 is 15.5 Å². The Kier molecular flexibility index (Phi) is 5.24. The summed E-state index contributed by atoms with van der Waals surface area (Å²) in [5.74, 6) is -6.40. The quantitative estimate of drug-likeness (QED) is 0.703. The molecule has 1 unspecified atom stereocenters. The van der Waals surface area contributed by atoms with Crippen LogP contribution in [0.5, 0.6) is 0 Å². The van der Waals surface area contributed by atoms with Gasteiger partial charge in [0.2, 0.25) is 0 Å². The van der Waals surface area contributed by atoms with E-state index < -0.39 is 24.0 Å². The number of cyclic esters (lactones) is 1.